The van der Waals surface area contributed by atoms with E-state index in [1.807, 2.05) is 0 Å². The Kier molecular flexibility index (Phi) is 13.4. The number of rotatable bonds is 8. The Labute approximate surface area is 260 Å². The van der Waals surface area contributed by atoms with Crippen molar-refractivity contribution in [2.45, 2.75) is 0 Å². The third kappa shape index (κ3) is 9.53. The maximum Gasteiger partial charge on any atom is 0.0136 e. The Morgan fingerprint density at radius 2 is 0.610 bits per heavy atom. The molecule has 0 radical (unpaired) electrons. The first-order valence-corrected chi connectivity index (χ1v) is 18.4. The van der Waals surface area contributed by atoms with E-state index >= 15 is 0 Å². The minimum absolute atomic E-state index is 0. The predicted molar refractivity (Wildman–Crippen MR) is 185 cm³/mol. The smallest absolute Gasteiger partial charge is 0.0136 e. The summed E-state index contributed by atoms with van der Waals surface area (Å²) in [6.07, 6.45) is 2.41. The van der Waals surface area contributed by atoms with Gasteiger partial charge < -0.3 is 0 Å². The third-order valence-electron chi connectivity index (χ3n) is 6.41. The van der Waals surface area contributed by atoms with Crippen LogP contribution in [-0.4, -0.2) is 12.3 Å². The molecule has 6 rings (SSSR count). The van der Waals surface area contributed by atoms with Gasteiger partial charge in [-0.05, 0) is 73.1 Å². The van der Waals surface area contributed by atoms with Crippen LogP contribution in [0, 0.1) is 0 Å². The van der Waals surface area contributed by atoms with Crippen molar-refractivity contribution >= 4 is 53.4 Å². The molecule has 0 spiro atoms. The zero-order chi connectivity index (χ0) is 27.2. The second-order valence-corrected chi connectivity index (χ2v) is 15.8. The van der Waals surface area contributed by atoms with E-state index in [0.717, 1.165) is 0 Å². The van der Waals surface area contributed by atoms with E-state index in [0.29, 0.717) is 0 Å². The molecule has 0 atom stereocenters. The molecule has 0 saturated heterocycles. The summed E-state index contributed by atoms with van der Waals surface area (Å²) >= 11 is 0. The third-order valence-corrected chi connectivity index (χ3v) is 13.9. The summed E-state index contributed by atoms with van der Waals surface area (Å²) in [4.78, 5) is 0. The summed E-state index contributed by atoms with van der Waals surface area (Å²) in [7, 11) is 1.94. The molecule has 0 nitrogen and oxygen atoms in total. The van der Waals surface area contributed by atoms with E-state index in [1.54, 1.807) is 0 Å². The molecule has 2 aromatic heterocycles. The zero-order valence-corrected chi connectivity index (χ0v) is 27.3. The van der Waals surface area contributed by atoms with Gasteiger partial charge in [-0.1, -0.05) is 162 Å². The quantitative estimate of drug-likeness (QED) is 0.114. The largest absolute Gasteiger partial charge is 0.0675 e. The molecule has 2 heterocycles. The fourth-order valence-corrected chi connectivity index (χ4v) is 11.6. The average Bonchev–Trinajstić information content (AvgIpc) is 3.06. The van der Waals surface area contributed by atoms with Gasteiger partial charge >= 0.3 is 0 Å². The van der Waals surface area contributed by atoms with Gasteiger partial charge in [0.2, 0.25) is 0 Å². The van der Waals surface area contributed by atoms with Crippen molar-refractivity contribution in [1.82, 2.24) is 0 Å². The van der Waals surface area contributed by atoms with Crippen LogP contribution in [0.15, 0.2) is 169 Å². The van der Waals surface area contributed by atoms with Gasteiger partial charge in [-0.15, -0.1) is 0 Å². The van der Waals surface area contributed by atoms with Crippen LogP contribution in [0.4, 0.5) is 0 Å². The van der Waals surface area contributed by atoms with Crippen molar-refractivity contribution in [3.63, 3.8) is 0 Å². The van der Waals surface area contributed by atoms with Crippen molar-refractivity contribution in [1.29, 1.82) is 0 Å². The molecule has 4 aromatic carbocycles. The Hall–Kier alpha value is -2.47. The molecule has 0 aliphatic heterocycles. The molecule has 206 valence electrons. The maximum atomic E-state index is 2.30. The number of benzene rings is 4. The molecule has 0 fully saturated rings. The van der Waals surface area contributed by atoms with Gasteiger partial charge in [-0.2, -0.15) is 0 Å². The minimum Gasteiger partial charge on any atom is -0.0675 e. The van der Waals surface area contributed by atoms with Crippen molar-refractivity contribution in [3.05, 3.63) is 169 Å². The first kappa shape index (κ1) is 31.5. The summed E-state index contributed by atoms with van der Waals surface area (Å²) in [6, 6.07) is 57.0. The normalized spacial score (nSPS) is 10.8. The fourth-order valence-electron chi connectivity index (χ4n) is 4.47. The van der Waals surface area contributed by atoms with Gasteiger partial charge in [0.05, 0.1) is 0 Å². The molecule has 0 aliphatic rings. The minimum atomic E-state index is -0.348. The molecular weight excluding hydrogens is 615 g/mol. The van der Waals surface area contributed by atoms with Crippen molar-refractivity contribution in [2.75, 3.05) is 12.3 Å². The van der Waals surface area contributed by atoms with Crippen LogP contribution in [-0.2, 0) is 16.5 Å². The summed E-state index contributed by atoms with van der Waals surface area (Å²) in [5.41, 5.74) is 0. The van der Waals surface area contributed by atoms with Crippen LogP contribution in [0.25, 0.3) is 10.6 Å². The van der Waals surface area contributed by atoms with Crippen LogP contribution >= 0.6 is 32.2 Å². The van der Waals surface area contributed by atoms with Gasteiger partial charge in [0.1, 0.15) is 0 Å². The van der Waals surface area contributed by atoms with E-state index in [4.69, 9.17) is 0 Å². The van der Waals surface area contributed by atoms with Gasteiger partial charge in [-0.3, -0.25) is 0 Å². The Bertz CT molecular complexity index is 1320. The number of hydrogen-bond donors (Lipinski definition) is 0. The first-order chi connectivity index (χ1) is 19.9. The van der Waals surface area contributed by atoms with Crippen LogP contribution in [0.2, 0.25) is 0 Å². The fraction of sp³-hybridized carbons (Fsp3) is 0.0556. The van der Waals surface area contributed by atoms with Gasteiger partial charge in [-0.25, -0.2) is 0 Å². The molecule has 0 unspecified atom stereocenters. The van der Waals surface area contributed by atoms with Gasteiger partial charge in [0.15, 0.2) is 0 Å². The Morgan fingerprint density at radius 3 is 0.854 bits per heavy atom. The van der Waals surface area contributed by atoms with Crippen molar-refractivity contribution in [3.8, 4) is 10.6 Å². The number of hydrogen-bond acceptors (Lipinski definition) is 0. The molecule has 6 aromatic rings. The monoisotopic (exact) mass is 646 g/mol. The summed E-state index contributed by atoms with van der Waals surface area (Å²) in [5, 5.41) is 8.72. The van der Waals surface area contributed by atoms with E-state index < -0.39 is 0 Å². The second kappa shape index (κ2) is 17.5. The van der Waals surface area contributed by atoms with E-state index in [-0.39, 0.29) is 32.3 Å². The van der Waals surface area contributed by atoms with E-state index in [2.05, 4.69) is 169 Å². The average molecular weight is 647 g/mol. The van der Waals surface area contributed by atoms with Crippen LogP contribution < -0.4 is 21.2 Å². The molecule has 0 saturated carbocycles. The van der Waals surface area contributed by atoms with Crippen LogP contribution in [0.3, 0.4) is 0 Å². The molecule has 41 heavy (non-hydrogen) atoms. The molecule has 0 N–H and O–H groups in total. The maximum absolute atomic E-state index is 2.30. The van der Waals surface area contributed by atoms with Crippen molar-refractivity contribution in [2.24, 2.45) is 0 Å². The zero-order valence-electron chi connectivity index (χ0n) is 22.7. The summed E-state index contributed by atoms with van der Waals surface area (Å²) < 4.78 is 0. The van der Waals surface area contributed by atoms with Crippen LogP contribution in [0.1, 0.15) is 0 Å². The molecule has 0 aliphatic carbocycles. The molecule has 0 amide bonds. The standard InChI is InChI=1S/C26H24P2.C10H8P2.Ni/c1-5-13-23(14-6-1)27(24-15-7-2-8-16-24)21-22-28(25-17-9-3-10-18-25)26-19-11-4-12-20-26;1-3-7-11-9(5-1)10-6-2-4-8-12-10;/h1-20H,21-22H2;1-8H;. The Morgan fingerprint density at radius 1 is 0.341 bits per heavy atom. The first-order valence-electron chi connectivity index (χ1n) is 13.5. The Balaban J connectivity index is 0.000000249. The molecular formula is C36H32NiP4. The van der Waals surface area contributed by atoms with E-state index in [1.165, 1.54) is 60.5 Å². The van der Waals surface area contributed by atoms with E-state index in [9.17, 15) is 0 Å². The second-order valence-electron chi connectivity index (χ2n) is 9.08. The van der Waals surface area contributed by atoms with Gasteiger partial charge in [0.25, 0.3) is 0 Å². The van der Waals surface area contributed by atoms with Gasteiger partial charge in [0, 0.05) is 27.1 Å². The summed E-state index contributed by atoms with van der Waals surface area (Å²) in [6.45, 7) is 0. The molecule has 5 heteroatoms. The predicted octanol–water partition coefficient (Wildman–Crippen LogP) is 9.76. The topological polar surface area (TPSA) is 0 Å². The SMILES string of the molecule is [Ni].c1ccc(-c2ccccp2)pc1.c1ccc(P(CCP(c2ccccc2)c2ccccc2)c2ccccc2)cc1. The summed E-state index contributed by atoms with van der Waals surface area (Å²) in [5.74, 6) is 4.34. The van der Waals surface area contributed by atoms with Crippen molar-refractivity contribution < 1.29 is 16.5 Å². The van der Waals surface area contributed by atoms with Crippen LogP contribution in [0.5, 0.6) is 0 Å². The molecule has 0 bridgehead atoms.